The highest BCUT2D eigenvalue weighted by Gasteiger charge is 2.13. The molecule has 0 aromatic heterocycles. The van der Waals surface area contributed by atoms with E-state index in [1.54, 1.807) is 31.4 Å². The highest BCUT2D eigenvalue weighted by atomic mass is 79.9. The third-order valence-electron chi connectivity index (χ3n) is 3.24. The van der Waals surface area contributed by atoms with Crippen LogP contribution in [0, 0.1) is 0 Å². The lowest BCUT2D eigenvalue weighted by molar-refractivity contribution is 0.0951. The summed E-state index contributed by atoms with van der Waals surface area (Å²) in [5.74, 6) is 0.879. The van der Waals surface area contributed by atoms with Crippen LogP contribution in [0.4, 0.5) is 5.69 Å². The van der Waals surface area contributed by atoms with Gasteiger partial charge in [0, 0.05) is 18.3 Å². The Morgan fingerprint density at radius 1 is 1.22 bits per heavy atom. The number of carbonyl (C=O) groups is 1. The predicted octanol–water partition coefficient (Wildman–Crippen LogP) is 3.63. The summed E-state index contributed by atoms with van der Waals surface area (Å²) in [6, 6.07) is 8.56. The molecule has 0 bridgehead atoms. The molecule has 3 N–H and O–H groups in total. The molecule has 2 aromatic carbocycles. The number of nitrogen functional groups attached to an aromatic ring is 1. The Morgan fingerprint density at radius 2 is 1.91 bits per heavy atom. The molecule has 0 aliphatic carbocycles. The second kappa shape index (κ2) is 7.57. The van der Waals surface area contributed by atoms with Crippen LogP contribution in [0.2, 0.25) is 5.02 Å². The molecule has 1 amide bonds. The molecule has 0 saturated carbocycles. The molecule has 7 heteroatoms. The Balaban J connectivity index is 2.11. The van der Waals surface area contributed by atoms with E-state index in [4.69, 9.17) is 26.8 Å². The van der Waals surface area contributed by atoms with E-state index in [1.165, 1.54) is 7.11 Å². The molecule has 0 fully saturated rings. The molecule has 0 saturated heterocycles. The van der Waals surface area contributed by atoms with Gasteiger partial charge in [-0.1, -0.05) is 17.7 Å². The highest BCUT2D eigenvalue weighted by molar-refractivity contribution is 9.10. The van der Waals surface area contributed by atoms with Crippen molar-refractivity contribution in [2.24, 2.45) is 0 Å². The first-order valence-corrected chi connectivity index (χ1v) is 7.87. The zero-order valence-corrected chi connectivity index (χ0v) is 15.0. The van der Waals surface area contributed by atoms with Gasteiger partial charge in [-0.2, -0.15) is 0 Å². The Bertz CT molecular complexity index is 738. The van der Waals surface area contributed by atoms with Crippen LogP contribution in [0.15, 0.2) is 34.8 Å². The first-order chi connectivity index (χ1) is 11.0. The summed E-state index contributed by atoms with van der Waals surface area (Å²) in [4.78, 5) is 12.3. The second-order valence-electron chi connectivity index (χ2n) is 4.73. The van der Waals surface area contributed by atoms with Gasteiger partial charge in [0.1, 0.15) is 11.5 Å². The van der Waals surface area contributed by atoms with E-state index in [0.717, 1.165) is 5.56 Å². The number of anilines is 1. The van der Waals surface area contributed by atoms with Crippen molar-refractivity contribution in [3.05, 3.63) is 51.0 Å². The number of amides is 1. The maximum absolute atomic E-state index is 12.3. The van der Waals surface area contributed by atoms with Crippen LogP contribution in [0.3, 0.4) is 0 Å². The fourth-order valence-electron chi connectivity index (χ4n) is 2.02. The van der Waals surface area contributed by atoms with Crippen LogP contribution >= 0.6 is 27.5 Å². The average Bonchev–Trinajstić information content (AvgIpc) is 2.54. The quantitative estimate of drug-likeness (QED) is 0.753. The fraction of sp³-hybridized carbons (Fsp3) is 0.188. The molecule has 0 spiro atoms. The number of nitrogens with one attached hydrogen (secondary N) is 1. The van der Waals surface area contributed by atoms with Gasteiger partial charge in [-0.05, 0) is 39.7 Å². The van der Waals surface area contributed by atoms with E-state index >= 15 is 0 Å². The minimum absolute atomic E-state index is 0.280. The molecule has 5 nitrogen and oxygen atoms in total. The first-order valence-electron chi connectivity index (χ1n) is 6.70. The van der Waals surface area contributed by atoms with Crippen LogP contribution in [0.1, 0.15) is 15.9 Å². The van der Waals surface area contributed by atoms with Crippen molar-refractivity contribution in [1.29, 1.82) is 0 Å². The summed E-state index contributed by atoms with van der Waals surface area (Å²) in [5, 5.41) is 3.30. The number of halogens is 2. The van der Waals surface area contributed by atoms with Crippen LogP contribution in [0.25, 0.3) is 0 Å². The molecular weight excluding hydrogens is 384 g/mol. The fourth-order valence-corrected chi connectivity index (χ4v) is 2.81. The van der Waals surface area contributed by atoms with E-state index in [2.05, 4.69) is 21.2 Å². The van der Waals surface area contributed by atoms with Gasteiger partial charge in [-0.15, -0.1) is 0 Å². The lowest BCUT2D eigenvalue weighted by Crippen LogP contribution is -2.23. The molecule has 0 atom stereocenters. The molecule has 0 unspecified atom stereocenters. The maximum atomic E-state index is 12.3. The number of rotatable bonds is 5. The number of ether oxygens (including phenoxy) is 2. The van der Waals surface area contributed by atoms with Gasteiger partial charge in [-0.25, -0.2) is 0 Å². The third-order valence-corrected chi connectivity index (χ3v) is 4.15. The summed E-state index contributed by atoms with van der Waals surface area (Å²) >= 11 is 9.40. The Kier molecular flexibility index (Phi) is 5.74. The van der Waals surface area contributed by atoms with Crippen LogP contribution in [-0.2, 0) is 6.54 Å². The summed E-state index contributed by atoms with van der Waals surface area (Å²) in [5.41, 5.74) is 7.47. The predicted molar refractivity (Wildman–Crippen MR) is 94.3 cm³/mol. The van der Waals surface area contributed by atoms with Crippen molar-refractivity contribution in [2.45, 2.75) is 6.54 Å². The molecule has 0 aliphatic rings. The van der Waals surface area contributed by atoms with Gasteiger partial charge >= 0.3 is 0 Å². The SMILES string of the molecule is COc1ccc(CNC(=O)c2cc(Br)c(OC)cc2N)cc1Cl. The van der Waals surface area contributed by atoms with Gasteiger partial charge in [0.25, 0.3) is 5.91 Å². The Morgan fingerprint density at radius 3 is 2.52 bits per heavy atom. The molecule has 122 valence electrons. The lowest BCUT2D eigenvalue weighted by atomic mass is 10.1. The molecule has 2 aromatic rings. The number of carbonyl (C=O) groups excluding carboxylic acids is 1. The summed E-state index contributed by atoms with van der Waals surface area (Å²) in [6.45, 7) is 0.325. The van der Waals surface area contributed by atoms with Gasteiger partial charge in [0.15, 0.2) is 0 Å². The normalized spacial score (nSPS) is 10.3. The van der Waals surface area contributed by atoms with Crippen molar-refractivity contribution >= 4 is 39.1 Å². The maximum Gasteiger partial charge on any atom is 0.253 e. The molecule has 0 radical (unpaired) electrons. The number of hydrogen-bond donors (Lipinski definition) is 2. The lowest BCUT2D eigenvalue weighted by Gasteiger charge is -2.11. The van der Waals surface area contributed by atoms with Crippen molar-refractivity contribution in [1.82, 2.24) is 5.32 Å². The summed E-state index contributed by atoms with van der Waals surface area (Å²) in [6.07, 6.45) is 0. The van der Waals surface area contributed by atoms with Gasteiger partial charge in [0.05, 0.1) is 29.3 Å². The first kappa shape index (κ1) is 17.4. The number of hydrogen-bond acceptors (Lipinski definition) is 4. The van der Waals surface area contributed by atoms with Crippen LogP contribution in [0.5, 0.6) is 11.5 Å². The van der Waals surface area contributed by atoms with Crippen molar-refractivity contribution in [2.75, 3.05) is 20.0 Å². The minimum Gasteiger partial charge on any atom is -0.495 e. The van der Waals surface area contributed by atoms with Gasteiger partial charge < -0.3 is 20.5 Å². The Labute approximate surface area is 147 Å². The number of methoxy groups -OCH3 is 2. The largest absolute Gasteiger partial charge is 0.495 e. The smallest absolute Gasteiger partial charge is 0.253 e. The average molecular weight is 400 g/mol. The van der Waals surface area contributed by atoms with E-state index < -0.39 is 0 Å². The van der Waals surface area contributed by atoms with E-state index in [9.17, 15) is 4.79 Å². The number of benzene rings is 2. The standard InChI is InChI=1S/C16H16BrClN2O3/c1-22-14-4-3-9(5-12(14)18)8-20-16(21)10-6-11(17)15(23-2)7-13(10)19/h3-7H,8,19H2,1-2H3,(H,20,21). The van der Waals surface area contributed by atoms with Crippen LogP contribution < -0.4 is 20.5 Å². The van der Waals surface area contributed by atoms with Gasteiger partial charge in [0.2, 0.25) is 0 Å². The Hall–Kier alpha value is -1.92. The van der Waals surface area contributed by atoms with Crippen molar-refractivity contribution in [3.8, 4) is 11.5 Å². The van der Waals surface area contributed by atoms with Gasteiger partial charge in [-0.3, -0.25) is 4.79 Å². The summed E-state index contributed by atoms with van der Waals surface area (Å²) < 4.78 is 10.9. The van der Waals surface area contributed by atoms with Crippen LogP contribution in [-0.4, -0.2) is 20.1 Å². The summed E-state index contributed by atoms with van der Waals surface area (Å²) in [7, 11) is 3.08. The van der Waals surface area contributed by atoms with E-state index in [0.29, 0.717) is 38.8 Å². The second-order valence-corrected chi connectivity index (χ2v) is 5.99. The van der Waals surface area contributed by atoms with Crippen molar-refractivity contribution in [3.63, 3.8) is 0 Å². The number of nitrogens with two attached hydrogens (primary N) is 1. The topological polar surface area (TPSA) is 73.6 Å². The molecule has 23 heavy (non-hydrogen) atoms. The third kappa shape index (κ3) is 4.09. The zero-order valence-electron chi connectivity index (χ0n) is 12.7. The highest BCUT2D eigenvalue weighted by Crippen LogP contribution is 2.30. The van der Waals surface area contributed by atoms with E-state index in [-0.39, 0.29) is 5.91 Å². The van der Waals surface area contributed by atoms with E-state index in [1.807, 2.05) is 6.07 Å². The minimum atomic E-state index is -0.280. The monoisotopic (exact) mass is 398 g/mol. The zero-order chi connectivity index (χ0) is 17.0. The molecule has 0 aliphatic heterocycles. The molecule has 0 heterocycles. The molecular formula is C16H16BrClN2O3. The van der Waals surface area contributed by atoms with Crippen molar-refractivity contribution < 1.29 is 14.3 Å². The molecule has 2 rings (SSSR count).